The van der Waals surface area contributed by atoms with E-state index in [-0.39, 0.29) is 6.04 Å². The maximum atomic E-state index is 12.7. The van der Waals surface area contributed by atoms with Crippen molar-refractivity contribution in [1.82, 2.24) is 20.3 Å². The van der Waals surface area contributed by atoms with Gasteiger partial charge in [0.2, 0.25) is 0 Å². The fourth-order valence-electron chi connectivity index (χ4n) is 1.83. The number of benzene rings is 1. The molecule has 0 aliphatic heterocycles. The molecule has 1 atom stereocenters. The molecule has 2 rings (SSSR count). The highest BCUT2D eigenvalue weighted by Crippen LogP contribution is 2.30. The molecular weight excluding hydrogens is 269 g/mol. The van der Waals surface area contributed by atoms with Gasteiger partial charge in [-0.25, -0.2) is 0 Å². The number of aromatic nitrogens is 3. The standard InChI is InChI=1S/C13H15F3N4/c1-9(17-7-12-8-18-19-20(12)2)10-4-3-5-11(6-10)13(14,15)16/h3-6,8-9,17H,7H2,1-2H3. The maximum absolute atomic E-state index is 12.7. The SMILES string of the molecule is CC(NCc1cnnn1C)c1cccc(C(F)(F)F)c1. The van der Waals surface area contributed by atoms with Crippen molar-refractivity contribution in [3.8, 4) is 0 Å². The number of halogens is 3. The molecule has 7 heteroatoms. The van der Waals surface area contributed by atoms with Crippen molar-refractivity contribution < 1.29 is 13.2 Å². The Kier molecular flexibility index (Phi) is 4.08. The molecule has 0 spiro atoms. The minimum absolute atomic E-state index is 0.202. The van der Waals surface area contributed by atoms with E-state index in [9.17, 15) is 13.2 Å². The van der Waals surface area contributed by atoms with Gasteiger partial charge in [-0.15, -0.1) is 5.10 Å². The van der Waals surface area contributed by atoms with Gasteiger partial charge in [-0.05, 0) is 24.6 Å². The van der Waals surface area contributed by atoms with Crippen molar-refractivity contribution in [3.63, 3.8) is 0 Å². The molecule has 1 unspecified atom stereocenters. The van der Waals surface area contributed by atoms with Crippen LogP contribution in [0.15, 0.2) is 30.5 Å². The number of hydrogen-bond donors (Lipinski definition) is 1. The van der Waals surface area contributed by atoms with Crippen molar-refractivity contribution in [3.05, 3.63) is 47.3 Å². The Bertz CT molecular complexity index is 577. The normalized spacial score (nSPS) is 13.4. The van der Waals surface area contributed by atoms with Crippen LogP contribution in [0.5, 0.6) is 0 Å². The number of rotatable bonds is 4. The van der Waals surface area contributed by atoms with Crippen molar-refractivity contribution in [1.29, 1.82) is 0 Å². The predicted molar refractivity (Wildman–Crippen MR) is 67.7 cm³/mol. The molecule has 0 aliphatic rings. The number of hydrogen-bond acceptors (Lipinski definition) is 3. The van der Waals surface area contributed by atoms with Crippen LogP contribution in [0.4, 0.5) is 13.2 Å². The van der Waals surface area contributed by atoms with Crippen molar-refractivity contribution in [2.45, 2.75) is 25.7 Å². The zero-order chi connectivity index (χ0) is 14.8. The highest BCUT2D eigenvalue weighted by Gasteiger charge is 2.30. The Labute approximate surface area is 114 Å². The first-order valence-corrected chi connectivity index (χ1v) is 6.12. The first-order chi connectivity index (χ1) is 9.38. The number of alkyl halides is 3. The van der Waals surface area contributed by atoms with Crippen LogP contribution in [0.2, 0.25) is 0 Å². The number of aryl methyl sites for hydroxylation is 1. The summed E-state index contributed by atoms with van der Waals surface area (Å²) in [5, 5.41) is 10.7. The fraction of sp³-hybridized carbons (Fsp3) is 0.385. The summed E-state index contributed by atoms with van der Waals surface area (Å²) in [6.07, 6.45) is -2.70. The smallest absolute Gasteiger partial charge is 0.305 e. The van der Waals surface area contributed by atoms with Gasteiger partial charge < -0.3 is 5.32 Å². The van der Waals surface area contributed by atoms with E-state index in [1.165, 1.54) is 12.1 Å². The molecule has 1 aromatic heterocycles. The Hall–Kier alpha value is -1.89. The average molecular weight is 284 g/mol. The number of nitrogens with zero attached hydrogens (tertiary/aromatic N) is 3. The van der Waals surface area contributed by atoms with Crippen LogP contribution < -0.4 is 5.32 Å². The van der Waals surface area contributed by atoms with Crippen LogP contribution in [-0.4, -0.2) is 15.0 Å². The summed E-state index contributed by atoms with van der Waals surface area (Å²) in [7, 11) is 1.76. The van der Waals surface area contributed by atoms with Crippen LogP contribution >= 0.6 is 0 Å². The molecule has 0 saturated carbocycles. The third-order valence-corrected chi connectivity index (χ3v) is 3.11. The molecule has 1 heterocycles. The molecule has 2 aromatic rings. The van der Waals surface area contributed by atoms with E-state index < -0.39 is 11.7 Å². The van der Waals surface area contributed by atoms with E-state index in [1.54, 1.807) is 24.0 Å². The van der Waals surface area contributed by atoms with E-state index in [4.69, 9.17) is 0 Å². The minimum Gasteiger partial charge on any atom is -0.305 e. The van der Waals surface area contributed by atoms with Crippen LogP contribution in [0.25, 0.3) is 0 Å². The largest absolute Gasteiger partial charge is 0.416 e. The van der Waals surface area contributed by atoms with Gasteiger partial charge in [-0.1, -0.05) is 17.3 Å². The van der Waals surface area contributed by atoms with Crippen molar-refractivity contribution in [2.24, 2.45) is 7.05 Å². The first-order valence-electron chi connectivity index (χ1n) is 6.12. The summed E-state index contributed by atoms with van der Waals surface area (Å²) in [5.41, 5.74) is 0.824. The van der Waals surface area contributed by atoms with E-state index in [2.05, 4.69) is 15.6 Å². The summed E-state index contributed by atoms with van der Waals surface area (Å²) in [5.74, 6) is 0. The molecule has 108 valence electrons. The summed E-state index contributed by atoms with van der Waals surface area (Å²) in [6, 6.07) is 5.13. The van der Waals surface area contributed by atoms with Gasteiger partial charge in [0.05, 0.1) is 17.5 Å². The van der Waals surface area contributed by atoms with E-state index in [0.717, 1.165) is 11.8 Å². The lowest BCUT2D eigenvalue weighted by Gasteiger charge is -2.16. The Balaban J connectivity index is 2.06. The third-order valence-electron chi connectivity index (χ3n) is 3.11. The maximum Gasteiger partial charge on any atom is 0.416 e. The van der Waals surface area contributed by atoms with Gasteiger partial charge in [-0.2, -0.15) is 13.2 Å². The zero-order valence-electron chi connectivity index (χ0n) is 11.1. The molecule has 1 N–H and O–H groups in total. The lowest BCUT2D eigenvalue weighted by atomic mass is 10.0. The molecule has 4 nitrogen and oxygen atoms in total. The molecule has 0 saturated heterocycles. The highest BCUT2D eigenvalue weighted by atomic mass is 19.4. The molecular formula is C13H15F3N4. The Morgan fingerprint density at radius 2 is 2.10 bits per heavy atom. The van der Waals surface area contributed by atoms with Crippen LogP contribution in [0, 0.1) is 0 Å². The van der Waals surface area contributed by atoms with Gasteiger partial charge in [0, 0.05) is 19.6 Å². The third kappa shape index (κ3) is 3.36. The van der Waals surface area contributed by atoms with Gasteiger partial charge >= 0.3 is 6.18 Å². The molecule has 0 radical (unpaired) electrons. The summed E-state index contributed by atoms with van der Waals surface area (Å²) >= 11 is 0. The van der Waals surface area contributed by atoms with Gasteiger partial charge in [0.15, 0.2) is 0 Å². The van der Waals surface area contributed by atoms with Gasteiger partial charge in [-0.3, -0.25) is 4.68 Å². The van der Waals surface area contributed by atoms with E-state index in [1.807, 2.05) is 6.92 Å². The zero-order valence-corrected chi connectivity index (χ0v) is 11.1. The monoisotopic (exact) mass is 284 g/mol. The van der Waals surface area contributed by atoms with E-state index >= 15 is 0 Å². The lowest BCUT2D eigenvalue weighted by molar-refractivity contribution is -0.137. The quantitative estimate of drug-likeness (QED) is 0.938. The minimum atomic E-state index is -4.32. The summed E-state index contributed by atoms with van der Waals surface area (Å²) in [6.45, 7) is 2.31. The second kappa shape index (κ2) is 5.62. The van der Waals surface area contributed by atoms with Gasteiger partial charge in [0.1, 0.15) is 0 Å². The molecule has 20 heavy (non-hydrogen) atoms. The first kappa shape index (κ1) is 14.5. The van der Waals surface area contributed by atoms with E-state index in [0.29, 0.717) is 12.1 Å². The lowest BCUT2D eigenvalue weighted by Crippen LogP contribution is -2.20. The summed E-state index contributed by atoms with van der Waals surface area (Å²) < 4.78 is 39.6. The summed E-state index contributed by atoms with van der Waals surface area (Å²) in [4.78, 5) is 0. The molecule has 0 amide bonds. The molecule has 1 aromatic carbocycles. The molecule has 0 fully saturated rings. The van der Waals surface area contributed by atoms with Crippen LogP contribution in [0.3, 0.4) is 0 Å². The average Bonchev–Trinajstić information content (AvgIpc) is 2.81. The topological polar surface area (TPSA) is 42.7 Å². The Morgan fingerprint density at radius 1 is 1.35 bits per heavy atom. The Morgan fingerprint density at radius 3 is 2.70 bits per heavy atom. The van der Waals surface area contributed by atoms with Crippen LogP contribution in [-0.2, 0) is 19.8 Å². The molecule has 0 bridgehead atoms. The van der Waals surface area contributed by atoms with Crippen molar-refractivity contribution >= 4 is 0 Å². The molecule has 0 aliphatic carbocycles. The highest BCUT2D eigenvalue weighted by molar-refractivity contribution is 5.27. The fourth-order valence-corrected chi connectivity index (χ4v) is 1.83. The predicted octanol–water partition coefficient (Wildman–Crippen LogP) is 2.68. The second-order valence-corrected chi connectivity index (χ2v) is 4.57. The second-order valence-electron chi connectivity index (χ2n) is 4.57. The van der Waals surface area contributed by atoms with Gasteiger partial charge in [0.25, 0.3) is 0 Å². The number of nitrogens with one attached hydrogen (secondary N) is 1. The van der Waals surface area contributed by atoms with Crippen LogP contribution in [0.1, 0.15) is 29.8 Å². The van der Waals surface area contributed by atoms with Crippen molar-refractivity contribution in [2.75, 3.05) is 0 Å².